The Morgan fingerprint density at radius 2 is 0.552 bits per heavy atom. The monoisotopic (exact) mass is 532 g/mol. The third kappa shape index (κ3) is 34.7. The minimum absolute atomic E-state index is 0.422. The second-order valence-electron chi connectivity index (χ2n) is 7.85. The van der Waals surface area contributed by atoms with E-state index in [2.05, 4.69) is 41.5 Å². The zero-order chi connectivity index (χ0) is 22.6. The molecule has 184 valence electrons. The first-order chi connectivity index (χ1) is 14.1. The Balaban J connectivity index is -0.000000410. The van der Waals surface area contributed by atoms with Crippen LogP contribution in [-0.2, 0) is 12.7 Å². The molecule has 0 aromatic rings. The van der Waals surface area contributed by atoms with Crippen molar-refractivity contribution in [2.24, 2.45) is 0 Å². The van der Waals surface area contributed by atoms with Crippen LogP contribution in [0.1, 0.15) is 119 Å². The molecule has 0 unspecified atom stereocenters. The molecule has 0 N–H and O–H groups in total. The molecule has 0 atom stereocenters. The van der Waals surface area contributed by atoms with Gasteiger partial charge in [0.05, 0.1) is 0 Å². The number of unbranched alkanes of at least 4 members (excludes halogenated alkanes) is 6. The molecule has 0 aromatic carbocycles. The van der Waals surface area contributed by atoms with Gasteiger partial charge in [0, 0.05) is 0 Å². The molecule has 0 spiro atoms. The van der Waals surface area contributed by atoms with Gasteiger partial charge >= 0.3 is 33.0 Å². The van der Waals surface area contributed by atoms with E-state index in [9.17, 15) is 0 Å². The standard InChI is InChI=1S/2C12H27P.2ClH.Ni/c2*1-4-7-10-13(11-8-5-2)12-9-6-3;;;/h2*4-12H2,1-3H3;2*1H;/q;;;;+2/p-2. The van der Waals surface area contributed by atoms with Gasteiger partial charge in [0.25, 0.3) is 0 Å². The number of rotatable bonds is 18. The summed E-state index contributed by atoms with van der Waals surface area (Å²) in [6.07, 6.45) is 26.4. The van der Waals surface area contributed by atoms with E-state index in [0.29, 0.717) is 28.5 Å². The van der Waals surface area contributed by atoms with E-state index < -0.39 is 0 Å². The summed E-state index contributed by atoms with van der Waals surface area (Å²) in [7, 11) is 10.2. The van der Waals surface area contributed by atoms with Gasteiger partial charge in [-0.3, -0.25) is 0 Å². The Bertz CT molecular complexity index is 197. The van der Waals surface area contributed by atoms with Gasteiger partial charge in [0.15, 0.2) is 0 Å². The van der Waals surface area contributed by atoms with E-state index >= 15 is 0 Å². The first kappa shape index (κ1) is 35.5. The third-order valence-electron chi connectivity index (χ3n) is 4.97. The molecule has 0 aliphatic heterocycles. The van der Waals surface area contributed by atoms with Crippen molar-refractivity contribution >= 4 is 36.2 Å². The molecule has 0 radical (unpaired) electrons. The average Bonchev–Trinajstić information content (AvgIpc) is 2.73. The molecule has 0 saturated heterocycles. The van der Waals surface area contributed by atoms with E-state index in [4.69, 9.17) is 20.4 Å². The van der Waals surface area contributed by atoms with Crippen LogP contribution in [0.3, 0.4) is 0 Å². The van der Waals surface area contributed by atoms with Crippen LogP contribution < -0.4 is 0 Å². The van der Waals surface area contributed by atoms with Crippen LogP contribution in [0.15, 0.2) is 0 Å². The summed E-state index contributed by atoms with van der Waals surface area (Å²) in [6.45, 7) is 13.9. The summed E-state index contributed by atoms with van der Waals surface area (Å²) in [5.74, 6) is 0. The van der Waals surface area contributed by atoms with E-state index in [-0.39, 0.29) is 0 Å². The van der Waals surface area contributed by atoms with Crippen LogP contribution in [0.25, 0.3) is 0 Å². The normalized spacial score (nSPS) is 10.7. The fraction of sp³-hybridized carbons (Fsp3) is 1.00. The topological polar surface area (TPSA) is 0 Å². The van der Waals surface area contributed by atoms with Crippen LogP contribution >= 0.6 is 36.2 Å². The predicted molar refractivity (Wildman–Crippen MR) is 144 cm³/mol. The summed E-state index contributed by atoms with van der Waals surface area (Å²) in [5, 5.41) is 0. The van der Waals surface area contributed by atoms with E-state index in [1.165, 1.54) is 77.0 Å². The first-order valence-corrected chi connectivity index (χ1v) is 18.9. The van der Waals surface area contributed by atoms with Crippen LogP contribution in [0.4, 0.5) is 0 Å². The molecule has 0 aliphatic carbocycles. The van der Waals surface area contributed by atoms with E-state index in [0.717, 1.165) is 0 Å². The van der Waals surface area contributed by atoms with Gasteiger partial charge in [-0.1, -0.05) is 80.1 Å². The van der Waals surface area contributed by atoms with Gasteiger partial charge in [-0.25, -0.2) is 0 Å². The van der Waals surface area contributed by atoms with Gasteiger partial charge in [-0.05, 0) is 75.5 Å². The van der Waals surface area contributed by atoms with Crippen molar-refractivity contribution < 1.29 is 12.7 Å². The molecular weight excluding hydrogens is 480 g/mol. The SMILES string of the molecule is CCCCP(CCCC)CCCC.CCCCP(CCCC)CCCC.[Cl][Ni][Cl]. The molecule has 0 heterocycles. The zero-order valence-corrected chi connectivity index (χ0v) is 25.0. The van der Waals surface area contributed by atoms with Gasteiger partial charge in [0.1, 0.15) is 0 Å². The average molecular weight is 534 g/mol. The maximum atomic E-state index is 4.70. The van der Waals surface area contributed by atoms with E-state index in [1.54, 1.807) is 37.0 Å². The molecule has 0 fully saturated rings. The molecule has 0 saturated carbocycles. The maximum absolute atomic E-state index is 4.70. The Morgan fingerprint density at radius 1 is 0.414 bits per heavy atom. The van der Waals surface area contributed by atoms with Crippen molar-refractivity contribution in [2.75, 3.05) is 37.0 Å². The second kappa shape index (κ2) is 34.5. The van der Waals surface area contributed by atoms with Gasteiger partial charge in [-0.2, -0.15) is 0 Å². The first-order valence-electron chi connectivity index (χ1n) is 12.4. The summed E-state index contributed by atoms with van der Waals surface area (Å²) < 4.78 is 0. The zero-order valence-electron chi connectivity index (χ0n) is 20.7. The summed E-state index contributed by atoms with van der Waals surface area (Å²) >= 11 is 0.569. The Morgan fingerprint density at radius 3 is 0.655 bits per heavy atom. The van der Waals surface area contributed by atoms with Crippen molar-refractivity contribution in [1.29, 1.82) is 0 Å². The van der Waals surface area contributed by atoms with Crippen LogP contribution in [0, 0.1) is 0 Å². The van der Waals surface area contributed by atoms with Crippen molar-refractivity contribution in [3.05, 3.63) is 0 Å². The van der Waals surface area contributed by atoms with Gasteiger partial charge < -0.3 is 0 Å². The molecule has 5 heteroatoms. The quantitative estimate of drug-likeness (QED) is 0.121. The van der Waals surface area contributed by atoms with Crippen molar-refractivity contribution in [1.82, 2.24) is 0 Å². The van der Waals surface area contributed by atoms with Crippen molar-refractivity contribution in [2.45, 2.75) is 119 Å². The van der Waals surface area contributed by atoms with Gasteiger partial charge in [0.2, 0.25) is 0 Å². The summed E-state index contributed by atoms with van der Waals surface area (Å²) in [6, 6.07) is 0. The third-order valence-corrected chi connectivity index (χ3v) is 10.7. The molecular formula is C24H54Cl2NiP2. The molecule has 0 aliphatic rings. The van der Waals surface area contributed by atoms with Crippen LogP contribution in [0.2, 0.25) is 0 Å². The fourth-order valence-corrected chi connectivity index (χ4v) is 8.88. The molecule has 0 aromatic heterocycles. The van der Waals surface area contributed by atoms with Crippen molar-refractivity contribution in [3.8, 4) is 0 Å². The number of hydrogen-bond acceptors (Lipinski definition) is 0. The van der Waals surface area contributed by atoms with E-state index in [1.807, 2.05) is 0 Å². The van der Waals surface area contributed by atoms with Gasteiger partial charge in [-0.15, -0.1) is 15.8 Å². The molecule has 29 heavy (non-hydrogen) atoms. The summed E-state index contributed by atoms with van der Waals surface area (Å²) in [4.78, 5) is 0. The van der Waals surface area contributed by atoms with Crippen molar-refractivity contribution in [3.63, 3.8) is 0 Å². The molecule has 0 rings (SSSR count). The Hall–Kier alpha value is 1.93. The predicted octanol–water partition coefficient (Wildman–Crippen LogP) is 11.1. The Labute approximate surface area is 203 Å². The number of hydrogen-bond donors (Lipinski definition) is 0. The summed E-state index contributed by atoms with van der Waals surface area (Å²) in [5.41, 5.74) is 0. The number of halogens is 2. The fourth-order valence-electron chi connectivity index (χ4n) is 2.96. The molecule has 0 bridgehead atoms. The molecule has 0 amide bonds. The second-order valence-corrected chi connectivity index (χ2v) is 14.8. The molecule has 0 nitrogen and oxygen atoms in total. The van der Waals surface area contributed by atoms with Crippen LogP contribution in [0.5, 0.6) is 0 Å². The van der Waals surface area contributed by atoms with Crippen LogP contribution in [-0.4, -0.2) is 37.0 Å². The Kier molecular flexibility index (Phi) is 42.3. The minimum atomic E-state index is 0.422.